The van der Waals surface area contributed by atoms with Gasteiger partial charge in [-0.15, -0.1) is 0 Å². The molecule has 0 N–H and O–H groups in total. The highest BCUT2D eigenvalue weighted by atomic mass is 79.9. The minimum absolute atomic E-state index is 0.553. The number of rotatable bonds is 10. The monoisotopic (exact) mass is 330 g/mol. The van der Waals surface area contributed by atoms with Gasteiger partial charge < -0.3 is 14.2 Å². The topological polar surface area (TPSA) is 27.7 Å². The van der Waals surface area contributed by atoms with Gasteiger partial charge in [0.25, 0.3) is 0 Å². The molecule has 0 aromatic heterocycles. The van der Waals surface area contributed by atoms with Gasteiger partial charge in [-0.25, -0.2) is 0 Å². The van der Waals surface area contributed by atoms with Crippen LogP contribution in [-0.2, 0) is 10.1 Å². The average Bonchev–Trinajstić information content (AvgIpc) is 2.44. The van der Waals surface area contributed by atoms with Crippen LogP contribution < -0.4 is 9.47 Å². The first-order valence-corrected chi connectivity index (χ1v) is 7.96. The van der Waals surface area contributed by atoms with Crippen LogP contribution in [0.4, 0.5) is 0 Å². The molecule has 0 bridgehead atoms. The van der Waals surface area contributed by atoms with E-state index >= 15 is 0 Å². The summed E-state index contributed by atoms with van der Waals surface area (Å²) >= 11 is 3.44. The SMILES string of the molecule is CCCCOCCOc1ccc(CBr)cc1OCC. The molecule has 0 aliphatic carbocycles. The van der Waals surface area contributed by atoms with E-state index < -0.39 is 0 Å². The summed E-state index contributed by atoms with van der Waals surface area (Å²) < 4.78 is 16.8. The largest absolute Gasteiger partial charge is 0.490 e. The Hall–Kier alpha value is -0.740. The molecule has 1 rings (SSSR count). The number of ether oxygens (including phenoxy) is 3. The summed E-state index contributed by atoms with van der Waals surface area (Å²) in [5.74, 6) is 1.58. The maximum Gasteiger partial charge on any atom is 0.161 e. The second-order valence-corrected chi connectivity index (χ2v) is 4.72. The normalized spacial score (nSPS) is 10.5. The van der Waals surface area contributed by atoms with Gasteiger partial charge in [0.05, 0.1) is 13.2 Å². The molecule has 0 heterocycles. The molecule has 0 spiro atoms. The summed E-state index contributed by atoms with van der Waals surface area (Å²) in [6.07, 6.45) is 2.26. The smallest absolute Gasteiger partial charge is 0.161 e. The summed E-state index contributed by atoms with van der Waals surface area (Å²) in [4.78, 5) is 0. The predicted molar refractivity (Wildman–Crippen MR) is 81.5 cm³/mol. The van der Waals surface area contributed by atoms with Crippen LogP contribution in [-0.4, -0.2) is 26.4 Å². The lowest BCUT2D eigenvalue weighted by molar-refractivity contribution is 0.0967. The molecule has 1 aromatic carbocycles. The Morgan fingerprint density at radius 3 is 2.53 bits per heavy atom. The third kappa shape index (κ3) is 6.30. The number of benzene rings is 1. The van der Waals surface area contributed by atoms with Crippen LogP contribution in [0, 0.1) is 0 Å². The lowest BCUT2D eigenvalue weighted by Gasteiger charge is -2.13. The molecule has 0 aliphatic heterocycles. The third-order valence-electron chi connectivity index (χ3n) is 2.59. The Bertz CT molecular complexity index is 355. The van der Waals surface area contributed by atoms with Crippen molar-refractivity contribution >= 4 is 15.9 Å². The van der Waals surface area contributed by atoms with Crippen LogP contribution in [0.1, 0.15) is 32.3 Å². The van der Waals surface area contributed by atoms with Crippen molar-refractivity contribution in [2.45, 2.75) is 32.0 Å². The standard InChI is InChI=1S/C15H23BrO3/c1-3-5-8-17-9-10-19-14-7-6-13(12-16)11-15(14)18-4-2/h6-7,11H,3-5,8-10,12H2,1-2H3. The average molecular weight is 331 g/mol. The molecule has 0 aliphatic rings. The van der Waals surface area contributed by atoms with E-state index in [1.807, 2.05) is 25.1 Å². The number of alkyl halides is 1. The highest BCUT2D eigenvalue weighted by molar-refractivity contribution is 9.08. The van der Waals surface area contributed by atoms with Crippen molar-refractivity contribution in [3.63, 3.8) is 0 Å². The van der Waals surface area contributed by atoms with E-state index in [1.54, 1.807) is 0 Å². The van der Waals surface area contributed by atoms with E-state index in [-0.39, 0.29) is 0 Å². The van der Waals surface area contributed by atoms with Gasteiger partial charge in [-0.2, -0.15) is 0 Å². The molecule has 4 heteroatoms. The Balaban J connectivity index is 2.43. The second-order valence-electron chi connectivity index (χ2n) is 4.16. The molecular weight excluding hydrogens is 308 g/mol. The summed E-state index contributed by atoms with van der Waals surface area (Å²) in [5.41, 5.74) is 1.18. The second kappa shape index (κ2) is 10.1. The number of unbranched alkanes of at least 4 members (excludes halogenated alkanes) is 1. The van der Waals surface area contributed by atoms with Gasteiger partial charge >= 0.3 is 0 Å². The molecule has 0 radical (unpaired) electrons. The Kier molecular flexibility index (Phi) is 8.67. The van der Waals surface area contributed by atoms with E-state index in [0.717, 1.165) is 36.3 Å². The fraction of sp³-hybridized carbons (Fsp3) is 0.600. The molecular formula is C15H23BrO3. The van der Waals surface area contributed by atoms with Gasteiger partial charge in [0.2, 0.25) is 0 Å². The third-order valence-corrected chi connectivity index (χ3v) is 3.24. The molecule has 19 heavy (non-hydrogen) atoms. The van der Waals surface area contributed by atoms with Crippen molar-refractivity contribution in [2.24, 2.45) is 0 Å². The minimum atomic E-state index is 0.553. The van der Waals surface area contributed by atoms with Gasteiger partial charge in [0.15, 0.2) is 11.5 Å². The Morgan fingerprint density at radius 1 is 1.00 bits per heavy atom. The highest BCUT2D eigenvalue weighted by Crippen LogP contribution is 2.29. The van der Waals surface area contributed by atoms with Gasteiger partial charge in [-0.3, -0.25) is 0 Å². The molecule has 0 amide bonds. The number of hydrogen-bond acceptors (Lipinski definition) is 3. The zero-order chi connectivity index (χ0) is 13.9. The van der Waals surface area contributed by atoms with E-state index in [9.17, 15) is 0 Å². The first-order chi connectivity index (χ1) is 9.31. The molecule has 0 saturated carbocycles. The maximum atomic E-state index is 5.70. The lowest BCUT2D eigenvalue weighted by atomic mass is 10.2. The minimum Gasteiger partial charge on any atom is -0.490 e. The summed E-state index contributed by atoms with van der Waals surface area (Å²) in [5, 5.41) is 0.813. The van der Waals surface area contributed by atoms with E-state index in [2.05, 4.69) is 22.9 Å². The zero-order valence-corrected chi connectivity index (χ0v) is 13.4. The van der Waals surface area contributed by atoms with Crippen LogP contribution in [0.25, 0.3) is 0 Å². The predicted octanol–water partition coefficient (Wildman–Crippen LogP) is 4.18. The van der Waals surface area contributed by atoms with Crippen molar-refractivity contribution < 1.29 is 14.2 Å². The van der Waals surface area contributed by atoms with Crippen molar-refractivity contribution in [3.8, 4) is 11.5 Å². The van der Waals surface area contributed by atoms with E-state index in [0.29, 0.717) is 19.8 Å². The quantitative estimate of drug-likeness (QED) is 0.476. The van der Waals surface area contributed by atoms with Crippen LogP contribution >= 0.6 is 15.9 Å². The van der Waals surface area contributed by atoms with Crippen LogP contribution in [0.15, 0.2) is 18.2 Å². The van der Waals surface area contributed by atoms with Gasteiger partial charge in [-0.1, -0.05) is 35.3 Å². The van der Waals surface area contributed by atoms with Crippen LogP contribution in [0.2, 0.25) is 0 Å². The van der Waals surface area contributed by atoms with Crippen LogP contribution in [0.5, 0.6) is 11.5 Å². The van der Waals surface area contributed by atoms with Crippen molar-refractivity contribution in [3.05, 3.63) is 23.8 Å². The summed E-state index contributed by atoms with van der Waals surface area (Å²) in [6, 6.07) is 5.99. The summed E-state index contributed by atoms with van der Waals surface area (Å²) in [6.45, 7) is 6.73. The van der Waals surface area contributed by atoms with Gasteiger partial charge in [0, 0.05) is 11.9 Å². The molecule has 108 valence electrons. The maximum absolute atomic E-state index is 5.70. The van der Waals surface area contributed by atoms with E-state index in [1.165, 1.54) is 5.56 Å². The number of hydrogen-bond donors (Lipinski definition) is 0. The highest BCUT2D eigenvalue weighted by Gasteiger charge is 2.06. The van der Waals surface area contributed by atoms with Crippen molar-refractivity contribution in [2.75, 3.05) is 26.4 Å². The Labute approximate surface area is 124 Å². The fourth-order valence-corrected chi connectivity index (χ4v) is 1.93. The van der Waals surface area contributed by atoms with E-state index in [4.69, 9.17) is 14.2 Å². The Morgan fingerprint density at radius 2 is 1.84 bits per heavy atom. The fourth-order valence-electron chi connectivity index (χ4n) is 1.58. The first-order valence-electron chi connectivity index (χ1n) is 6.84. The first kappa shape index (κ1) is 16.3. The molecule has 0 unspecified atom stereocenters. The molecule has 0 saturated heterocycles. The van der Waals surface area contributed by atoms with Gasteiger partial charge in [-0.05, 0) is 31.0 Å². The van der Waals surface area contributed by atoms with Gasteiger partial charge in [0.1, 0.15) is 6.61 Å². The molecule has 0 fully saturated rings. The molecule has 0 atom stereocenters. The number of halogens is 1. The zero-order valence-electron chi connectivity index (χ0n) is 11.8. The summed E-state index contributed by atoms with van der Waals surface area (Å²) in [7, 11) is 0. The molecule has 1 aromatic rings. The van der Waals surface area contributed by atoms with Crippen LogP contribution in [0.3, 0.4) is 0 Å². The molecule has 3 nitrogen and oxygen atoms in total. The lowest BCUT2D eigenvalue weighted by Crippen LogP contribution is -2.08. The van der Waals surface area contributed by atoms with Crippen molar-refractivity contribution in [1.82, 2.24) is 0 Å². The van der Waals surface area contributed by atoms with Crippen molar-refractivity contribution in [1.29, 1.82) is 0 Å².